The number of nitrogens with zero attached hydrogens (tertiary/aromatic N) is 3. The highest BCUT2D eigenvalue weighted by atomic mass is 35.5. The number of fused-ring (bicyclic) bond motifs is 1. The van der Waals surface area contributed by atoms with Crippen LogP contribution in [-0.4, -0.2) is 47.7 Å². The minimum absolute atomic E-state index is 0.285. The average Bonchev–Trinajstić information content (AvgIpc) is 3.14. The highest BCUT2D eigenvalue weighted by Crippen LogP contribution is 2.44. The van der Waals surface area contributed by atoms with Gasteiger partial charge in [0.05, 0.1) is 5.39 Å². The van der Waals surface area contributed by atoms with Crippen LogP contribution in [0.25, 0.3) is 11.0 Å². The molecule has 2 aromatic heterocycles. The third-order valence-electron chi connectivity index (χ3n) is 5.06. The van der Waals surface area contributed by atoms with Crippen molar-refractivity contribution >= 4 is 40.1 Å². The van der Waals surface area contributed by atoms with Crippen molar-refractivity contribution in [3.63, 3.8) is 0 Å². The maximum Gasteiger partial charge on any atom is 0.164 e. The summed E-state index contributed by atoms with van der Waals surface area (Å²) >= 11 is 12.0. The Kier molecular flexibility index (Phi) is 4.73. The smallest absolute Gasteiger partial charge is 0.164 e. The van der Waals surface area contributed by atoms with Crippen LogP contribution in [0.5, 0.6) is 0 Å². The molecule has 28 heavy (non-hydrogen) atoms. The summed E-state index contributed by atoms with van der Waals surface area (Å²) in [5.41, 5.74) is 4.88. The van der Waals surface area contributed by atoms with E-state index in [2.05, 4.69) is 9.97 Å². The lowest BCUT2D eigenvalue weighted by Gasteiger charge is -2.29. The molecule has 4 rings (SSSR count). The van der Waals surface area contributed by atoms with Crippen LogP contribution in [0, 0.1) is 0 Å². The lowest BCUT2D eigenvalue weighted by atomic mass is 9.88. The number of anilines is 1. The van der Waals surface area contributed by atoms with Crippen molar-refractivity contribution in [3.8, 4) is 0 Å². The lowest BCUT2D eigenvalue weighted by molar-refractivity contribution is -0.115. The molecule has 0 unspecified atom stereocenters. The van der Waals surface area contributed by atoms with Gasteiger partial charge in [-0.1, -0.05) is 23.2 Å². The summed E-state index contributed by atoms with van der Waals surface area (Å²) in [5.74, 6) is 0.285. The monoisotopic (exact) mass is 424 g/mol. The number of hydrogen-bond acceptors (Lipinski definition) is 7. The second-order valence-corrected chi connectivity index (χ2v) is 7.86. The van der Waals surface area contributed by atoms with Gasteiger partial charge in [0.2, 0.25) is 0 Å². The maximum absolute atomic E-state index is 10.9. The number of hydrogen-bond donors (Lipinski definition) is 4. The molecular formula is C18H18Cl2N4O4. The van der Waals surface area contributed by atoms with Gasteiger partial charge in [-0.05, 0) is 36.8 Å². The van der Waals surface area contributed by atoms with Gasteiger partial charge in [0, 0.05) is 16.2 Å². The second kappa shape index (κ2) is 6.84. The van der Waals surface area contributed by atoms with E-state index in [1.165, 1.54) is 31.5 Å². The number of ether oxygens (including phenoxy) is 1. The van der Waals surface area contributed by atoms with Crippen LogP contribution in [0.4, 0.5) is 5.82 Å². The molecule has 1 aliphatic rings. The predicted octanol–water partition coefficient (Wildman–Crippen LogP) is 2.06. The Morgan fingerprint density at radius 3 is 2.61 bits per heavy atom. The van der Waals surface area contributed by atoms with Crippen molar-refractivity contribution in [2.24, 2.45) is 0 Å². The number of aromatic nitrogens is 3. The Bertz CT molecular complexity index is 1020. The normalized spacial score (nSPS) is 28.7. The van der Waals surface area contributed by atoms with E-state index in [-0.39, 0.29) is 5.82 Å². The van der Waals surface area contributed by atoms with Gasteiger partial charge in [-0.15, -0.1) is 0 Å². The summed E-state index contributed by atoms with van der Waals surface area (Å²) in [6, 6.07) is 6.27. The average molecular weight is 425 g/mol. The van der Waals surface area contributed by atoms with Gasteiger partial charge >= 0.3 is 0 Å². The summed E-state index contributed by atoms with van der Waals surface area (Å²) in [4.78, 5) is 8.11. The van der Waals surface area contributed by atoms with Gasteiger partial charge in [0.15, 0.2) is 6.23 Å². The topological polar surface area (TPSA) is 127 Å². The van der Waals surface area contributed by atoms with Crippen molar-refractivity contribution in [3.05, 3.63) is 52.4 Å². The van der Waals surface area contributed by atoms with Crippen molar-refractivity contribution in [1.29, 1.82) is 0 Å². The number of benzene rings is 1. The Morgan fingerprint density at radius 1 is 1.25 bits per heavy atom. The van der Waals surface area contributed by atoms with E-state index in [1.807, 2.05) is 0 Å². The Labute approximate surface area is 170 Å². The summed E-state index contributed by atoms with van der Waals surface area (Å²) in [7, 11) is 0. The van der Waals surface area contributed by atoms with Crippen LogP contribution in [0.1, 0.15) is 24.8 Å². The first-order valence-electron chi connectivity index (χ1n) is 8.47. The zero-order valence-corrected chi connectivity index (χ0v) is 16.2. The number of halogens is 2. The van der Waals surface area contributed by atoms with Crippen LogP contribution in [0.15, 0.2) is 36.8 Å². The Balaban J connectivity index is 1.72. The Morgan fingerprint density at radius 2 is 1.93 bits per heavy atom. The van der Waals surface area contributed by atoms with Crippen LogP contribution in [0.2, 0.25) is 10.0 Å². The third-order valence-corrected chi connectivity index (χ3v) is 5.49. The Hall–Kier alpha value is -1.94. The summed E-state index contributed by atoms with van der Waals surface area (Å²) < 4.78 is 7.45. The number of aliphatic hydroxyl groups excluding tert-OH is 2. The number of nitrogens with two attached hydrogens (primary N) is 1. The van der Waals surface area contributed by atoms with Gasteiger partial charge in [0.1, 0.15) is 41.7 Å². The largest absolute Gasteiger partial charge is 0.386 e. The zero-order chi connectivity index (χ0) is 20.2. The number of nitrogen functional groups attached to an aromatic ring is 1. The summed E-state index contributed by atoms with van der Waals surface area (Å²) in [6.07, 6.45) is -1.87. The fourth-order valence-electron chi connectivity index (χ4n) is 3.55. The highest BCUT2D eigenvalue weighted by molar-refractivity contribution is 6.34. The molecular weight excluding hydrogens is 407 g/mol. The van der Waals surface area contributed by atoms with Gasteiger partial charge in [-0.2, -0.15) is 0 Å². The van der Waals surface area contributed by atoms with E-state index < -0.39 is 30.1 Å². The summed E-state index contributed by atoms with van der Waals surface area (Å²) in [6.45, 7) is 1.40. The second-order valence-electron chi connectivity index (χ2n) is 6.98. The van der Waals surface area contributed by atoms with Crippen molar-refractivity contribution in [1.82, 2.24) is 14.5 Å². The molecule has 0 aliphatic carbocycles. The zero-order valence-electron chi connectivity index (χ0n) is 14.7. The lowest BCUT2D eigenvalue weighted by Crippen LogP contribution is -2.47. The van der Waals surface area contributed by atoms with Crippen molar-refractivity contribution in [2.45, 2.75) is 37.1 Å². The quantitative estimate of drug-likeness (QED) is 0.506. The molecule has 0 saturated carbocycles. The third kappa shape index (κ3) is 3.02. The molecule has 0 radical (unpaired) electrons. The standard InChI is InChI=1S/C18H18Cl2N4O4/c1-18(27)13(26)17(24-3-2-11-15(21)22-7-23-16(11)24)28-14(18)12(25)8-4-9(19)6-10(20)5-8/h2-7,12-14,17,25-27H,1H3,(H2,21,22,23)/t12-,13+,14-,17-,18+/m1/s1. The van der Waals surface area contributed by atoms with Gasteiger partial charge in [-0.3, -0.25) is 0 Å². The van der Waals surface area contributed by atoms with E-state index in [9.17, 15) is 15.3 Å². The number of aliphatic hydroxyl groups is 3. The minimum atomic E-state index is -1.77. The van der Waals surface area contributed by atoms with Crippen LogP contribution < -0.4 is 5.73 Å². The van der Waals surface area contributed by atoms with E-state index in [0.717, 1.165) is 0 Å². The van der Waals surface area contributed by atoms with Crippen molar-refractivity contribution in [2.75, 3.05) is 5.73 Å². The van der Waals surface area contributed by atoms with Crippen LogP contribution in [-0.2, 0) is 4.74 Å². The van der Waals surface area contributed by atoms with Gasteiger partial charge < -0.3 is 30.4 Å². The molecule has 1 aliphatic heterocycles. The molecule has 1 fully saturated rings. The van der Waals surface area contributed by atoms with Crippen molar-refractivity contribution < 1.29 is 20.1 Å². The predicted molar refractivity (Wildman–Crippen MR) is 104 cm³/mol. The van der Waals surface area contributed by atoms with E-state index in [4.69, 9.17) is 33.7 Å². The van der Waals surface area contributed by atoms with E-state index >= 15 is 0 Å². The van der Waals surface area contributed by atoms with Gasteiger partial charge in [0.25, 0.3) is 0 Å². The molecule has 0 amide bonds. The fraction of sp³-hybridized carbons (Fsp3) is 0.333. The van der Waals surface area contributed by atoms with Crippen LogP contribution >= 0.6 is 23.2 Å². The molecule has 10 heteroatoms. The molecule has 3 aromatic rings. The SMILES string of the molecule is C[C@@]1(O)[C@@H]([C@H](O)c2cc(Cl)cc(Cl)c2)O[C@@H](n2ccc3c(N)ncnc32)[C@@H]1O. The maximum atomic E-state index is 10.9. The van der Waals surface area contributed by atoms with Crippen LogP contribution in [0.3, 0.4) is 0 Å². The molecule has 3 heterocycles. The first-order valence-corrected chi connectivity index (χ1v) is 9.22. The number of rotatable bonds is 3. The van der Waals surface area contributed by atoms with E-state index in [0.29, 0.717) is 26.6 Å². The van der Waals surface area contributed by atoms with E-state index in [1.54, 1.807) is 16.8 Å². The molecule has 0 bridgehead atoms. The molecule has 1 saturated heterocycles. The summed E-state index contributed by atoms with van der Waals surface area (Å²) in [5, 5.41) is 33.8. The molecule has 1 aromatic carbocycles. The fourth-order valence-corrected chi connectivity index (χ4v) is 4.09. The molecule has 5 N–H and O–H groups in total. The molecule has 0 spiro atoms. The molecule has 8 nitrogen and oxygen atoms in total. The first kappa shape index (κ1) is 19.4. The molecule has 5 atom stereocenters. The molecule has 148 valence electrons. The minimum Gasteiger partial charge on any atom is -0.386 e. The van der Waals surface area contributed by atoms with Gasteiger partial charge in [-0.25, -0.2) is 9.97 Å². The highest BCUT2D eigenvalue weighted by Gasteiger charge is 2.55. The first-order chi connectivity index (χ1) is 13.2.